The van der Waals surface area contributed by atoms with Crippen molar-refractivity contribution in [2.45, 2.75) is 96.1 Å². The lowest BCUT2D eigenvalue weighted by Gasteiger charge is -2.38. The SMILES string of the molecule is C=CC[N+](C)(CCCCCCCCCCCC)C(Cl)CC(C)O. The summed E-state index contributed by atoms with van der Waals surface area (Å²) in [6, 6.07) is 0. The molecule has 0 rings (SSSR count). The summed E-state index contributed by atoms with van der Waals surface area (Å²) in [4.78, 5) is 0. The van der Waals surface area contributed by atoms with Crippen LogP contribution in [-0.4, -0.2) is 41.3 Å². The fourth-order valence-electron chi connectivity index (χ4n) is 3.14. The quantitative estimate of drug-likeness (QED) is 0.122. The first kappa shape index (κ1) is 22.9. The first-order valence-corrected chi connectivity index (χ1v) is 10.2. The predicted octanol–water partition coefficient (Wildman–Crippen LogP) is 5.88. The Hall–Kier alpha value is -0.0500. The van der Waals surface area contributed by atoms with Crippen molar-refractivity contribution in [2.24, 2.45) is 0 Å². The minimum absolute atomic E-state index is 0.0356. The maximum absolute atomic E-state index is 9.58. The van der Waals surface area contributed by atoms with Gasteiger partial charge in [-0.05, 0) is 25.8 Å². The first-order chi connectivity index (χ1) is 11.0. The van der Waals surface area contributed by atoms with Crippen LogP contribution in [0.1, 0.15) is 84.5 Å². The molecule has 0 aliphatic rings. The number of aliphatic hydroxyl groups is 1. The van der Waals surface area contributed by atoms with Crippen molar-refractivity contribution < 1.29 is 9.59 Å². The van der Waals surface area contributed by atoms with E-state index in [0.717, 1.165) is 17.6 Å². The normalized spacial score (nSPS) is 16.7. The minimum atomic E-state index is -0.340. The van der Waals surface area contributed by atoms with E-state index in [1.165, 1.54) is 64.2 Å². The van der Waals surface area contributed by atoms with Gasteiger partial charge in [-0.2, -0.15) is 0 Å². The van der Waals surface area contributed by atoms with Gasteiger partial charge in [0.25, 0.3) is 0 Å². The number of hydrogen-bond donors (Lipinski definition) is 1. The van der Waals surface area contributed by atoms with E-state index < -0.39 is 0 Å². The van der Waals surface area contributed by atoms with Gasteiger partial charge in [-0.15, -0.1) is 0 Å². The van der Waals surface area contributed by atoms with Crippen molar-refractivity contribution in [1.29, 1.82) is 0 Å². The summed E-state index contributed by atoms with van der Waals surface area (Å²) in [5.41, 5.74) is -0.0356. The maximum Gasteiger partial charge on any atom is 0.167 e. The zero-order chi connectivity index (χ0) is 17.6. The highest BCUT2D eigenvalue weighted by Gasteiger charge is 2.30. The van der Waals surface area contributed by atoms with Crippen LogP contribution in [0.4, 0.5) is 0 Å². The molecule has 138 valence electrons. The minimum Gasteiger partial charge on any atom is -0.393 e. The molecule has 0 aliphatic heterocycles. The Morgan fingerprint density at radius 2 is 1.48 bits per heavy atom. The van der Waals surface area contributed by atoms with E-state index in [9.17, 15) is 5.11 Å². The number of unbranched alkanes of at least 4 members (excludes halogenated alkanes) is 9. The van der Waals surface area contributed by atoms with Crippen LogP contribution in [0.15, 0.2) is 12.7 Å². The molecule has 3 atom stereocenters. The summed E-state index contributed by atoms with van der Waals surface area (Å²) in [5.74, 6) is 0. The summed E-state index contributed by atoms with van der Waals surface area (Å²) in [6.07, 6.45) is 15.8. The largest absolute Gasteiger partial charge is 0.393 e. The molecule has 0 aromatic rings. The Morgan fingerprint density at radius 1 is 1.00 bits per heavy atom. The highest BCUT2D eigenvalue weighted by Crippen LogP contribution is 2.21. The third kappa shape index (κ3) is 12.0. The molecular weight excluding hydrogens is 306 g/mol. The molecule has 0 aromatic carbocycles. The van der Waals surface area contributed by atoms with Gasteiger partial charge in [-0.25, -0.2) is 0 Å². The summed E-state index contributed by atoms with van der Waals surface area (Å²) in [7, 11) is 2.19. The van der Waals surface area contributed by atoms with Crippen molar-refractivity contribution in [3.05, 3.63) is 12.7 Å². The van der Waals surface area contributed by atoms with Crippen molar-refractivity contribution in [1.82, 2.24) is 0 Å². The number of nitrogens with zero attached hydrogens (tertiary/aromatic N) is 1. The smallest absolute Gasteiger partial charge is 0.167 e. The summed E-state index contributed by atoms with van der Waals surface area (Å²) in [6.45, 7) is 9.90. The Kier molecular flexibility index (Phi) is 14.3. The molecule has 0 fully saturated rings. The summed E-state index contributed by atoms with van der Waals surface area (Å²) >= 11 is 6.55. The molecule has 1 N–H and O–H groups in total. The highest BCUT2D eigenvalue weighted by atomic mass is 35.5. The molecule has 0 spiro atoms. The van der Waals surface area contributed by atoms with Gasteiger partial charge < -0.3 is 9.59 Å². The molecule has 0 saturated heterocycles. The fourth-order valence-corrected chi connectivity index (χ4v) is 3.57. The molecule has 0 aliphatic carbocycles. The second kappa shape index (κ2) is 14.3. The Labute approximate surface area is 150 Å². The van der Waals surface area contributed by atoms with Crippen LogP contribution >= 0.6 is 11.6 Å². The van der Waals surface area contributed by atoms with Crippen LogP contribution in [0.5, 0.6) is 0 Å². The van der Waals surface area contributed by atoms with Gasteiger partial charge in [-0.3, -0.25) is 0 Å². The van der Waals surface area contributed by atoms with Crippen molar-refractivity contribution in [2.75, 3.05) is 20.1 Å². The van der Waals surface area contributed by atoms with E-state index in [0.29, 0.717) is 6.42 Å². The first-order valence-electron chi connectivity index (χ1n) is 9.73. The van der Waals surface area contributed by atoms with Gasteiger partial charge in [0.2, 0.25) is 0 Å². The van der Waals surface area contributed by atoms with E-state index >= 15 is 0 Å². The molecule has 0 bridgehead atoms. The molecule has 3 unspecified atom stereocenters. The van der Waals surface area contributed by atoms with Crippen LogP contribution in [0.2, 0.25) is 0 Å². The number of halogens is 1. The second-order valence-corrected chi connectivity index (χ2v) is 7.88. The Bertz CT molecular complexity index is 283. The van der Waals surface area contributed by atoms with Crippen LogP contribution in [-0.2, 0) is 0 Å². The standard InChI is InChI=1S/C20H41ClNO/c1-5-7-8-9-10-11-12-13-14-15-17-22(4,16-6-2)20(21)18-19(3)23/h6,19-20,23H,2,5,7-18H2,1,3-4H3/q+1. The number of rotatable bonds is 16. The Morgan fingerprint density at radius 3 is 1.91 bits per heavy atom. The van der Waals surface area contributed by atoms with Crippen LogP contribution in [0.3, 0.4) is 0 Å². The molecular formula is C20H41ClNO+. The average Bonchev–Trinajstić information content (AvgIpc) is 2.48. The summed E-state index contributed by atoms with van der Waals surface area (Å²) < 4.78 is 0.785. The monoisotopic (exact) mass is 346 g/mol. The third-order valence-corrected chi connectivity index (χ3v) is 5.43. The van der Waals surface area contributed by atoms with Gasteiger partial charge in [0, 0.05) is 6.42 Å². The van der Waals surface area contributed by atoms with Gasteiger partial charge in [0.15, 0.2) is 5.50 Å². The van der Waals surface area contributed by atoms with Gasteiger partial charge >= 0.3 is 0 Å². The number of likely N-dealkylation sites (N-methyl/N-ethyl adjacent to an activating group) is 1. The van der Waals surface area contributed by atoms with E-state index in [2.05, 4.69) is 20.6 Å². The lowest BCUT2D eigenvalue weighted by Crippen LogP contribution is -2.51. The highest BCUT2D eigenvalue weighted by molar-refractivity contribution is 6.19. The van der Waals surface area contributed by atoms with Crippen molar-refractivity contribution in [3.63, 3.8) is 0 Å². The van der Waals surface area contributed by atoms with E-state index in [1.807, 2.05) is 13.0 Å². The molecule has 23 heavy (non-hydrogen) atoms. The molecule has 0 radical (unpaired) electrons. The number of aliphatic hydroxyl groups excluding tert-OH is 1. The number of alkyl halides is 1. The van der Waals surface area contributed by atoms with Crippen LogP contribution in [0.25, 0.3) is 0 Å². The van der Waals surface area contributed by atoms with E-state index in [4.69, 9.17) is 11.6 Å². The van der Waals surface area contributed by atoms with E-state index in [1.54, 1.807) is 0 Å². The van der Waals surface area contributed by atoms with Crippen molar-refractivity contribution in [3.8, 4) is 0 Å². The molecule has 0 saturated carbocycles. The van der Waals surface area contributed by atoms with Crippen molar-refractivity contribution >= 4 is 11.6 Å². The van der Waals surface area contributed by atoms with E-state index in [-0.39, 0.29) is 11.6 Å². The molecule has 3 heteroatoms. The van der Waals surface area contributed by atoms with Gasteiger partial charge in [0.1, 0.15) is 0 Å². The summed E-state index contributed by atoms with van der Waals surface area (Å²) in [5, 5.41) is 9.58. The zero-order valence-electron chi connectivity index (χ0n) is 15.9. The average molecular weight is 347 g/mol. The fraction of sp³-hybridized carbons (Fsp3) is 0.900. The topological polar surface area (TPSA) is 20.2 Å². The number of hydrogen-bond acceptors (Lipinski definition) is 1. The number of quaternary nitrogens is 1. The Balaban J connectivity index is 3.81. The third-order valence-electron chi connectivity index (χ3n) is 4.78. The predicted molar refractivity (Wildman–Crippen MR) is 104 cm³/mol. The lowest BCUT2D eigenvalue weighted by atomic mass is 10.1. The lowest BCUT2D eigenvalue weighted by molar-refractivity contribution is -0.916. The van der Waals surface area contributed by atoms with Crippen LogP contribution < -0.4 is 0 Å². The van der Waals surface area contributed by atoms with Gasteiger partial charge in [0.05, 0.1) is 26.2 Å². The maximum atomic E-state index is 9.58. The van der Waals surface area contributed by atoms with Crippen LogP contribution in [0, 0.1) is 0 Å². The van der Waals surface area contributed by atoms with Gasteiger partial charge in [-0.1, -0.05) is 76.5 Å². The molecule has 0 amide bonds. The molecule has 0 heterocycles. The zero-order valence-corrected chi connectivity index (χ0v) is 16.7. The second-order valence-electron chi connectivity index (χ2n) is 7.38. The molecule has 2 nitrogen and oxygen atoms in total. The molecule has 0 aromatic heterocycles.